The number of allylic oxidation sites excluding steroid dienone is 2. The highest BCUT2D eigenvalue weighted by Crippen LogP contribution is 2.49. The lowest BCUT2D eigenvalue weighted by Crippen LogP contribution is -2.41. The molecule has 1 aliphatic heterocycles. The van der Waals surface area contributed by atoms with E-state index in [0.717, 1.165) is 24.6 Å². The number of fused-ring (bicyclic) bond motifs is 2. The average molecular weight is 253 g/mol. The monoisotopic (exact) mass is 253 g/mol. The number of amides is 1. The molecule has 3 aliphatic rings. The molecule has 1 heterocycles. The van der Waals surface area contributed by atoms with E-state index < -0.39 is 11.9 Å². The fourth-order valence-electron chi connectivity index (χ4n) is 3.29. The fraction of sp³-hybridized carbons (Fsp3) is 0.667. The number of nitrogens with zero attached hydrogens (tertiary/aromatic N) is 1. The lowest BCUT2D eigenvalue weighted by atomic mass is 9.82. The molecule has 5 heteroatoms. The highest BCUT2D eigenvalue weighted by molar-refractivity contribution is 7.99. The van der Waals surface area contributed by atoms with Crippen LogP contribution in [0.3, 0.4) is 0 Å². The molecular weight excluding hydrogens is 238 g/mol. The summed E-state index contributed by atoms with van der Waals surface area (Å²) >= 11 is 1.74. The van der Waals surface area contributed by atoms with Gasteiger partial charge in [-0.3, -0.25) is 9.59 Å². The van der Waals surface area contributed by atoms with Crippen LogP contribution in [0, 0.1) is 23.7 Å². The minimum atomic E-state index is -0.813. The number of carbonyl (C=O) groups is 2. The summed E-state index contributed by atoms with van der Waals surface area (Å²) in [5.74, 6) is 0.347. The molecule has 1 saturated carbocycles. The second-order valence-electron chi connectivity index (χ2n) is 4.98. The summed E-state index contributed by atoms with van der Waals surface area (Å²) in [6.07, 6.45) is 4.86. The van der Waals surface area contributed by atoms with Gasteiger partial charge >= 0.3 is 5.97 Å². The van der Waals surface area contributed by atoms with E-state index >= 15 is 0 Å². The molecule has 17 heavy (non-hydrogen) atoms. The molecule has 1 N–H and O–H groups in total. The van der Waals surface area contributed by atoms with Crippen molar-refractivity contribution >= 4 is 23.6 Å². The second-order valence-corrected chi connectivity index (χ2v) is 6.05. The van der Waals surface area contributed by atoms with Crippen molar-refractivity contribution in [3.8, 4) is 0 Å². The largest absolute Gasteiger partial charge is 0.481 e. The molecule has 92 valence electrons. The molecule has 2 fully saturated rings. The first kappa shape index (κ1) is 11.1. The molecule has 0 radical (unpaired) electrons. The first-order chi connectivity index (χ1) is 8.18. The van der Waals surface area contributed by atoms with Crippen LogP contribution in [0.15, 0.2) is 12.2 Å². The lowest BCUT2D eigenvalue weighted by Gasteiger charge is -2.27. The van der Waals surface area contributed by atoms with Gasteiger partial charge in [-0.25, -0.2) is 0 Å². The van der Waals surface area contributed by atoms with Crippen molar-refractivity contribution in [2.75, 3.05) is 18.2 Å². The van der Waals surface area contributed by atoms with Crippen LogP contribution in [0.4, 0.5) is 0 Å². The van der Waals surface area contributed by atoms with Gasteiger partial charge in [0.15, 0.2) is 0 Å². The zero-order valence-corrected chi connectivity index (χ0v) is 10.2. The number of carboxylic acids is 1. The van der Waals surface area contributed by atoms with E-state index in [1.54, 1.807) is 11.8 Å². The second kappa shape index (κ2) is 4.05. The van der Waals surface area contributed by atoms with Gasteiger partial charge in [-0.1, -0.05) is 12.2 Å². The molecule has 3 rings (SSSR count). The number of carbonyl (C=O) groups excluding carboxylic acids is 1. The SMILES string of the molecule is O=C(O)C1C2C=CC(C2)C1C(=O)N1CCSC1. The van der Waals surface area contributed by atoms with E-state index in [9.17, 15) is 14.7 Å². The normalized spacial score (nSPS) is 38.9. The Morgan fingerprint density at radius 1 is 1.24 bits per heavy atom. The number of hydrogen-bond acceptors (Lipinski definition) is 3. The zero-order valence-electron chi connectivity index (χ0n) is 9.41. The Morgan fingerprint density at radius 2 is 1.94 bits per heavy atom. The number of thioether (sulfide) groups is 1. The average Bonchev–Trinajstić information content (AvgIpc) is 3.02. The Morgan fingerprint density at radius 3 is 2.53 bits per heavy atom. The summed E-state index contributed by atoms with van der Waals surface area (Å²) in [6, 6.07) is 0. The fourth-order valence-corrected chi connectivity index (χ4v) is 4.25. The van der Waals surface area contributed by atoms with Crippen LogP contribution < -0.4 is 0 Å². The highest BCUT2D eigenvalue weighted by atomic mass is 32.2. The van der Waals surface area contributed by atoms with Gasteiger partial charge in [0.2, 0.25) is 5.91 Å². The summed E-state index contributed by atoms with van der Waals surface area (Å²) in [5, 5.41) is 9.29. The van der Waals surface area contributed by atoms with Gasteiger partial charge in [0, 0.05) is 12.3 Å². The molecular formula is C12H15NO3S. The van der Waals surface area contributed by atoms with Crippen LogP contribution in [0.5, 0.6) is 0 Å². The molecule has 0 aromatic rings. The first-order valence-electron chi connectivity index (χ1n) is 5.96. The molecule has 1 amide bonds. The number of hydrogen-bond donors (Lipinski definition) is 1. The third-order valence-electron chi connectivity index (χ3n) is 4.09. The summed E-state index contributed by atoms with van der Waals surface area (Å²) < 4.78 is 0. The predicted octanol–water partition coefficient (Wildman–Crippen LogP) is 1.04. The quantitative estimate of drug-likeness (QED) is 0.747. The molecule has 4 nitrogen and oxygen atoms in total. The maximum Gasteiger partial charge on any atom is 0.307 e. The van der Waals surface area contributed by atoms with E-state index in [1.807, 2.05) is 17.1 Å². The molecule has 0 spiro atoms. The van der Waals surface area contributed by atoms with Crippen LogP contribution in [0.25, 0.3) is 0 Å². The van der Waals surface area contributed by atoms with Gasteiger partial charge in [-0.05, 0) is 18.3 Å². The van der Waals surface area contributed by atoms with Crippen LogP contribution in [-0.4, -0.2) is 40.1 Å². The smallest absolute Gasteiger partial charge is 0.307 e. The van der Waals surface area contributed by atoms with Crippen molar-refractivity contribution in [1.29, 1.82) is 0 Å². The van der Waals surface area contributed by atoms with Crippen molar-refractivity contribution in [1.82, 2.24) is 4.90 Å². The Kier molecular flexibility index (Phi) is 2.65. The Balaban J connectivity index is 1.83. The number of rotatable bonds is 2. The maximum atomic E-state index is 12.4. The zero-order chi connectivity index (χ0) is 12.0. The summed E-state index contributed by atoms with van der Waals surface area (Å²) in [4.78, 5) is 25.5. The molecule has 0 aromatic carbocycles. The van der Waals surface area contributed by atoms with Gasteiger partial charge in [0.05, 0.1) is 17.7 Å². The Labute approximate surface area is 104 Å². The van der Waals surface area contributed by atoms with Crippen molar-refractivity contribution in [2.45, 2.75) is 6.42 Å². The molecule has 1 saturated heterocycles. The van der Waals surface area contributed by atoms with Gasteiger partial charge in [0.25, 0.3) is 0 Å². The van der Waals surface area contributed by atoms with Gasteiger partial charge < -0.3 is 10.0 Å². The first-order valence-corrected chi connectivity index (χ1v) is 7.11. The summed E-state index contributed by atoms with van der Waals surface area (Å²) in [6.45, 7) is 0.771. The van der Waals surface area contributed by atoms with E-state index in [1.165, 1.54) is 0 Å². The van der Waals surface area contributed by atoms with E-state index in [2.05, 4.69) is 0 Å². The summed E-state index contributed by atoms with van der Waals surface area (Å²) in [7, 11) is 0. The van der Waals surface area contributed by atoms with Gasteiger partial charge in [0.1, 0.15) is 0 Å². The maximum absolute atomic E-state index is 12.4. The summed E-state index contributed by atoms with van der Waals surface area (Å²) in [5.41, 5.74) is 0. The molecule has 4 unspecified atom stereocenters. The van der Waals surface area contributed by atoms with Crippen LogP contribution in [-0.2, 0) is 9.59 Å². The minimum Gasteiger partial charge on any atom is -0.481 e. The third-order valence-corrected chi connectivity index (χ3v) is 5.06. The topological polar surface area (TPSA) is 57.6 Å². The number of aliphatic carboxylic acids is 1. The van der Waals surface area contributed by atoms with Crippen LogP contribution >= 0.6 is 11.8 Å². The van der Waals surface area contributed by atoms with Gasteiger partial charge in [-0.15, -0.1) is 11.8 Å². The van der Waals surface area contributed by atoms with Crippen molar-refractivity contribution in [3.63, 3.8) is 0 Å². The predicted molar refractivity (Wildman–Crippen MR) is 64.4 cm³/mol. The molecule has 4 atom stereocenters. The van der Waals surface area contributed by atoms with Gasteiger partial charge in [-0.2, -0.15) is 0 Å². The third kappa shape index (κ3) is 1.68. The van der Waals surface area contributed by atoms with Crippen molar-refractivity contribution < 1.29 is 14.7 Å². The van der Waals surface area contributed by atoms with E-state index in [0.29, 0.717) is 0 Å². The van der Waals surface area contributed by atoms with Crippen LogP contribution in [0.2, 0.25) is 0 Å². The molecule has 2 aliphatic carbocycles. The lowest BCUT2D eigenvalue weighted by molar-refractivity contribution is -0.150. The number of carboxylic acid groups (broad SMARTS) is 1. The molecule has 2 bridgehead atoms. The van der Waals surface area contributed by atoms with Crippen molar-refractivity contribution in [3.05, 3.63) is 12.2 Å². The minimum absolute atomic E-state index is 0.0549. The van der Waals surface area contributed by atoms with Crippen molar-refractivity contribution in [2.24, 2.45) is 23.7 Å². The highest BCUT2D eigenvalue weighted by Gasteiger charge is 2.52. The Hall–Kier alpha value is -0.970. The standard InChI is InChI=1S/C12H15NO3S/c14-11(13-3-4-17-6-13)9-7-1-2-8(5-7)10(9)12(15)16/h1-2,7-10H,3-6H2,(H,15,16). The molecule has 0 aromatic heterocycles. The van der Waals surface area contributed by atoms with E-state index in [4.69, 9.17) is 0 Å². The Bertz CT molecular complexity index is 389. The van der Waals surface area contributed by atoms with E-state index in [-0.39, 0.29) is 23.7 Å². The van der Waals surface area contributed by atoms with Crippen LogP contribution in [0.1, 0.15) is 6.42 Å².